The molecule has 1 aliphatic rings. The van der Waals surface area contributed by atoms with Crippen LogP contribution in [0.2, 0.25) is 0 Å². The smallest absolute Gasteiger partial charge is 0.270 e. The normalized spacial score (nSPS) is 16.7. The van der Waals surface area contributed by atoms with E-state index in [2.05, 4.69) is 22.1 Å². The summed E-state index contributed by atoms with van der Waals surface area (Å²) in [6, 6.07) is 3.99. The highest BCUT2D eigenvalue weighted by atomic mass is 16.1. The number of rotatable bonds is 4. The van der Waals surface area contributed by atoms with Crippen LogP contribution in [0.25, 0.3) is 0 Å². The molecular weight excluding hydrogens is 226 g/mol. The van der Waals surface area contributed by atoms with E-state index in [0.29, 0.717) is 5.69 Å². The minimum Gasteiger partial charge on any atom is -0.370 e. The molecule has 4 heteroatoms. The third kappa shape index (κ3) is 3.00. The number of nitrogens with zero attached hydrogens (tertiary/aromatic N) is 2. The van der Waals surface area contributed by atoms with Gasteiger partial charge in [-0.15, -0.1) is 0 Å². The van der Waals surface area contributed by atoms with Crippen LogP contribution in [0.1, 0.15) is 43.6 Å². The summed E-state index contributed by atoms with van der Waals surface area (Å²) in [7, 11) is 0. The number of hydrogen-bond acceptors (Lipinski definition) is 3. The molecule has 98 valence electrons. The van der Waals surface area contributed by atoms with Crippen molar-refractivity contribution >= 4 is 11.6 Å². The molecule has 1 aromatic heterocycles. The molecule has 1 fully saturated rings. The topological polar surface area (TPSA) is 45.2 Å². The zero-order valence-corrected chi connectivity index (χ0v) is 11.1. The van der Waals surface area contributed by atoms with Crippen molar-refractivity contribution in [3.8, 4) is 0 Å². The fourth-order valence-electron chi connectivity index (χ4n) is 2.08. The summed E-state index contributed by atoms with van der Waals surface area (Å²) < 4.78 is 0. The number of amides is 1. The molecule has 0 bridgehead atoms. The maximum absolute atomic E-state index is 11.9. The van der Waals surface area contributed by atoms with E-state index < -0.39 is 0 Å². The van der Waals surface area contributed by atoms with Crippen LogP contribution in [0.5, 0.6) is 0 Å². The maximum Gasteiger partial charge on any atom is 0.270 e. The lowest BCUT2D eigenvalue weighted by molar-refractivity contribution is 0.0934. The minimum atomic E-state index is -0.0858. The van der Waals surface area contributed by atoms with Crippen molar-refractivity contribution in [1.82, 2.24) is 10.3 Å². The quantitative estimate of drug-likeness (QED) is 0.887. The first kappa shape index (κ1) is 12.9. The molecule has 0 saturated carbocycles. The molecule has 0 radical (unpaired) electrons. The van der Waals surface area contributed by atoms with Gasteiger partial charge in [-0.25, -0.2) is 4.98 Å². The highest BCUT2D eigenvalue weighted by molar-refractivity contribution is 5.92. The molecule has 1 atom stereocenters. The Morgan fingerprint density at radius 3 is 2.72 bits per heavy atom. The summed E-state index contributed by atoms with van der Waals surface area (Å²) in [5.74, 6) is -0.0858. The number of nitrogens with one attached hydrogen (secondary N) is 1. The summed E-state index contributed by atoms with van der Waals surface area (Å²) in [4.78, 5) is 18.4. The highest BCUT2D eigenvalue weighted by Crippen LogP contribution is 2.18. The van der Waals surface area contributed by atoms with Gasteiger partial charge < -0.3 is 10.2 Å². The van der Waals surface area contributed by atoms with E-state index in [9.17, 15) is 4.79 Å². The van der Waals surface area contributed by atoms with Crippen molar-refractivity contribution < 1.29 is 4.79 Å². The van der Waals surface area contributed by atoms with Crippen molar-refractivity contribution in [2.24, 2.45) is 0 Å². The lowest BCUT2D eigenvalue weighted by Crippen LogP contribution is -2.32. The Morgan fingerprint density at radius 1 is 1.44 bits per heavy atom. The van der Waals surface area contributed by atoms with Crippen molar-refractivity contribution in [3.05, 3.63) is 24.0 Å². The number of carbonyl (C=O) groups is 1. The predicted molar refractivity (Wildman–Crippen MR) is 72.9 cm³/mol. The molecule has 1 aromatic rings. The minimum absolute atomic E-state index is 0.0858. The number of aromatic nitrogens is 1. The largest absolute Gasteiger partial charge is 0.370 e. The summed E-state index contributed by atoms with van der Waals surface area (Å²) in [6.07, 6.45) is 5.22. The Bertz CT molecular complexity index is 396. The van der Waals surface area contributed by atoms with Gasteiger partial charge in [-0.05, 0) is 38.3 Å². The van der Waals surface area contributed by atoms with E-state index in [1.807, 2.05) is 19.1 Å². The van der Waals surface area contributed by atoms with Gasteiger partial charge in [0.1, 0.15) is 5.69 Å². The van der Waals surface area contributed by atoms with E-state index >= 15 is 0 Å². The zero-order chi connectivity index (χ0) is 13.0. The van der Waals surface area contributed by atoms with Crippen molar-refractivity contribution in [2.45, 2.75) is 39.2 Å². The number of carbonyl (C=O) groups excluding carboxylic acids is 1. The summed E-state index contributed by atoms with van der Waals surface area (Å²) in [6.45, 7) is 6.24. The van der Waals surface area contributed by atoms with Gasteiger partial charge in [-0.3, -0.25) is 4.79 Å². The SMILES string of the molecule is CCC(C)NC(=O)c1ccc(N2CCCC2)cn1. The van der Waals surface area contributed by atoms with Crippen molar-refractivity contribution in [2.75, 3.05) is 18.0 Å². The molecule has 1 saturated heterocycles. The Morgan fingerprint density at radius 2 is 2.17 bits per heavy atom. The summed E-state index contributed by atoms with van der Waals surface area (Å²) in [5.41, 5.74) is 1.62. The van der Waals surface area contributed by atoms with E-state index in [4.69, 9.17) is 0 Å². The lowest BCUT2D eigenvalue weighted by atomic mass is 10.2. The molecule has 0 aromatic carbocycles. The van der Waals surface area contributed by atoms with Crippen LogP contribution in [0, 0.1) is 0 Å². The third-order valence-corrected chi connectivity index (χ3v) is 3.44. The second kappa shape index (κ2) is 5.85. The van der Waals surface area contributed by atoms with Gasteiger partial charge in [0.25, 0.3) is 5.91 Å². The molecule has 18 heavy (non-hydrogen) atoms. The second-order valence-corrected chi connectivity index (χ2v) is 4.88. The number of pyridine rings is 1. The maximum atomic E-state index is 11.9. The molecule has 0 aliphatic carbocycles. The van der Waals surface area contributed by atoms with Crippen LogP contribution in [0.4, 0.5) is 5.69 Å². The van der Waals surface area contributed by atoms with Crippen LogP contribution in [0.15, 0.2) is 18.3 Å². The van der Waals surface area contributed by atoms with Gasteiger partial charge in [0.2, 0.25) is 0 Å². The Kier molecular flexibility index (Phi) is 4.18. The fraction of sp³-hybridized carbons (Fsp3) is 0.571. The highest BCUT2D eigenvalue weighted by Gasteiger charge is 2.14. The van der Waals surface area contributed by atoms with Gasteiger partial charge in [0, 0.05) is 19.1 Å². The summed E-state index contributed by atoms with van der Waals surface area (Å²) >= 11 is 0. The van der Waals surface area contributed by atoms with E-state index in [1.165, 1.54) is 12.8 Å². The lowest BCUT2D eigenvalue weighted by Gasteiger charge is -2.17. The van der Waals surface area contributed by atoms with Crippen molar-refractivity contribution in [1.29, 1.82) is 0 Å². The molecule has 1 unspecified atom stereocenters. The van der Waals surface area contributed by atoms with E-state index in [1.54, 1.807) is 6.20 Å². The average Bonchev–Trinajstić information content (AvgIpc) is 2.92. The fourth-order valence-corrected chi connectivity index (χ4v) is 2.08. The van der Waals surface area contributed by atoms with E-state index in [-0.39, 0.29) is 11.9 Å². The van der Waals surface area contributed by atoms with Gasteiger partial charge in [-0.1, -0.05) is 6.92 Å². The second-order valence-electron chi connectivity index (χ2n) is 4.88. The standard InChI is InChI=1S/C14H21N3O/c1-3-11(2)16-14(18)13-7-6-12(10-15-13)17-8-4-5-9-17/h6-7,10-11H,3-5,8-9H2,1-2H3,(H,16,18). The van der Waals surface area contributed by atoms with Gasteiger partial charge in [-0.2, -0.15) is 0 Å². The Labute approximate surface area is 108 Å². The first-order chi connectivity index (χ1) is 8.70. The molecule has 2 heterocycles. The first-order valence-electron chi connectivity index (χ1n) is 6.72. The van der Waals surface area contributed by atoms with Gasteiger partial charge in [0.15, 0.2) is 0 Å². The van der Waals surface area contributed by atoms with Crippen LogP contribution < -0.4 is 10.2 Å². The average molecular weight is 247 g/mol. The zero-order valence-electron chi connectivity index (χ0n) is 11.1. The summed E-state index contributed by atoms with van der Waals surface area (Å²) in [5, 5.41) is 2.92. The van der Waals surface area contributed by atoms with Crippen LogP contribution >= 0.6 is 0 Å². The molecule has 1 amide bonds. The number of hydrogen-bond donors (Lipinski definition) is 1. The molecule has 1 N–H and O–H groups in total. The van der Waals surface area contributed by atoms with Gasteiger partial charge in [0.05, 0.1) is 11.9 Å². The first-order valence-corrected chi connectivity index (χ1v) is 6.72. The molecule has 0 spiro atoms. The monoisotopic (exact) mass is 247 g/mol. The van der Waals surface area contributed by atoms with E-state index in [0.717, 1.165) is 25.2 Å². The molecule has 1 aliphatic heterocycles. The molecule has 4 nitrogen and oxygen atoms in total. The van der Waals surface area contributed by atoms with Crippen LogP contribution in [0.3, 0.4) is 0 Å². The van der Waals surface area contributed by atoms with Crippen LogP contribution in [-0.2, 0) is 0 Å². The third-order valence-electron chi connectivity index (χ3n) is 3.44. The number of anilines is 1. The Balaban J connectivity index is 2.00. The van der Waals surface area contributed by atoms with Crippen LogP contribution in [-0.4, -0.2) is 30.0 Å². The van der Waals surface area contributed by atoms with Crippen molar-refractivity contribution in [3.63, 3.8) is 0 Å². The van der Waals surface area contributed by atoms with Gasteiger partial charge >= 0.3 is 0 Å². The molecular formula is C14H21N3O. The Hall–Kier alpha value is -1.58. The predicted octanol–water partition coefficient (Wildman–Crippen LogP) is 2.21. The molecule has 2 rings (SSSR count).